The van der Waals surface area contributed by atoms with Gasteiger partial charge in [-0.3, -0.25) is 4.79 Å². The first-order valence-corrected chi connectivity index (χ1v) is 6.10. The smallest absolute Gasteiger partial charge is 0.308 e. The summed E-state index contributed by atoms with van der Waals surface area (Å²) in [5.41, 5.74) is -0.0704. The summed E-state index contributed by atoms with van der Waals surface area (Å²) in [6.45, 7) is 6.43. The summed E-state index contributed by atoms with van der Waals surface area (Å²) in [5.74, 6) is -0.431. The van der Waals surface area contributed by atoms with Crippen LogP contribution in [0, 0.1) is 17.3 Å². The number of aliphatic carboxylic acids is 1. The number of nitrogens with one attached hydrogen (secondary N) is 1. The Hall–Kier alpha value is -0.610. The number of carboxylic acid groups (broad SMARTS) is 1. The van der Waals surface area contributed by atoms with Gasteiger partial charge in [-0.2, -0.15) is 0 Å². The molecule has 2 rings (SSSR count). The molecule has 0 aliphatic carbocycles. The average molecular weight is 227 g/mol. The maximum atomic E-state index is 11.3. The molecular weight excluding hydrogens is 206 g/mol. The molecule has 2 aliphatic rings. The fraction of sp³-hybridized carbons (Fsp3) is 0.917. The molecule has 4 nitrogen and oxygen atoms in total. The third kappa shape index (κ3) is 1.96. The van der Waals surface area contributed by atoms with Crippen LogP contribution in [0.1, 0.15) is 26.7 Å². The maximum absolute atomic E-state index is 11.3. The van der Waals surface area contributed by atoms with E-state index in [1.807, 2.05) is 0 Å². The summed E-state index contributed by atoms with van der Waals surface area (Å²) in [6, 6.07) is 0. The van der Waals surface area contributed by atoms with E-state index < -0.39 is 5.97 Å². The van der Waals surface area contributed by atoms with E-state index in [9.17, 15) is 9.90 Å². The van der Waals surface area contributed by atoms with Crippen molar-refractivity contribution in [3.05, 3.63) is 0 Å². The van der Waals surface area contributed by atoms with Gasteiger partial charge in [-0.25, -0.2) is 0 Å². The van der Waals surface area contributed by atoms with Gasteiger partial charge < -0.3 is 15.2 Å². The molecule has 2 heterocycles. The van der Waals surface area contributed by atoms with Gasteiger partial charge >= 0.3 is 5.97 Å². The Morgan fingerprint density at radius 1 is 1.56 bits per heavy atom. The molecule has 2 N–H and O–H groups in total. The molecule has 3 atom stereocenters. The summed E-state index contributed by atoms with van der Waals surface area (Å²) in [7, 11) is 0. The lowest BCUT2D eigenvalue weighted by atomic mass is 9.69. The van der Waals surface area contributed by atoms with Crippen molar-refractivity contribution in [1.29, 1.82) is 0 Å². The predicted molar refractivity (Wildman–Crippen MR) is 60.2 cm³/mol. The van der Waals surface area contributed by atoms with Crippen molar-refractivity contribution in [1.82, 2.24) is 5.32 Å². The van der Waals surface area contributed by atoms with Crippen LogP contribution in [0.15, 0.2) is 0 Å². The number of hydrogen-bond donors (Lipinski definition) is 2. The average Bonchev–Trinajstić information content (AvgIpc) is 2.61. The molecule has 16 heavy (non-hydrogen) atoms. The minimum atomic E-state index is -0.658. The van der Waals surface area contributed by atoms with Crippen LogP contribution in [-0.2, 0) is 9.53 Å². The van der Waals surface area contributed by atoms with Crippen LogP contribution in [0.25, 0.3) is 0 Å². The van der Waals surface area contributed by atoms with Crippen molar-refractivity contribution < 1.29 is 14.6 Å². The zero-order valence-corrected chi connectivity index (χ0v) is 10.0. The highest BCUT2D eigenvalue weighted by Crippen LogP contribution is 2.44. The lowest BCUT2D eigenvalue weighted by Crippen LogP contribution is -2.44. The molecule has 92 valence electrons. The minimum Gasteiger partial charge on any atom is -0.481 e. The number of carbonyl (C=O) groups is 1. The molecule has 0 aromatic rings. The Labute approximate surface area is 96.4 Å². The highest BCUT2D eigenvalue weighted by molar-refractivity contribution is 5.72. The molecule has 0 radical (unpaired) electrons. The van der Waals surface area contributed by atoms with Crippen LogP contribution in [-0.4, -0.2) is 36.9 Å². The SMILES string of the molecule is CC(C)C1CC2(CCO1)CNCC2C(=O)O. The minimum absolute atomic E-state index is 0.0704. The van der Waals surface area contributed by atoms with Crippen molar-refractivity contribution in [3.63, 3.8) is 0 Å². The topological polar surface area (TPSA) is 58.6 Å². The monoisotopic (exact) mass is 227 g/mol. The van der Waals surface area contributed by atoms with Crippen LogP contribution in [0.4, 0.5) is 0 Å². The standard InChI is InChI=1S/C12H21NO3/c1-8(2)10-5-12(3-4-16-10)7-13-6-9(12)11(14)15/h8-10,13H,3-7H2,1-2H3,(H,14,15). The largest absolute Gasteiger partial charge is 0.481 e. The lowest BCUT2D eigenvalue weighted by molar-refractivity contribution is -0.150. The molecule has 3 unspecified atom stereocenters. The van der Waals surface area contributed by atoms with Crippen LogP contribution in [0.2, 0.25) is 0 Å². The Morgan fingerprint density at radius 3 is 2.94 bits per heavy atom. The number of hydrogen-bond acceptors (Lipinski definition) is 3. The Kier molecular flexibility index (Phi) is 3.22. The second-order valence-corrected chi connectivity index (χ2v) is 5.49. The molecule has 1 spiro atoms. The predicted octanol–water partition coefficient (Wildman–Crippen LogP) is 1.11. The van der Waals surface area contributed by atoms with Crippen molar-refractivity contribution >= 4 is 5.97 Å². The first kappa shape index (κ1) is 11.9. The van der Waals surface area contributed by atoms with E-state index in [-0.39, 0.29) is 17.4 Å². The molecule has 0 bridgehead atoms. The van der Waals surface area contributed by atoms with Gasteiger partial charge in [-0.1, -0.05) is 13.8 Å². The molecule has 2 aliphatic heterocycles. The van der Waals surface area contributed by atoms with Crippen LogP contribution >= 0.6 is 0 Å². The summed E-state index contributed by atoms with van der Waals surface area (Å²) in [6.07, 6.45) is 1.98. The normalized spacial score (nSPS) is 39.4. The van der Waals surface area contributed by atoms with Crippen LogP contribution in [0.5, 0.6) is 0 Å². The molecule has 2 fully saturated rings. The van der Waals surface area contributed by atoms with Crippen LogP contribution < -0.4 is 5.32 Å². The van der Waals surface area contributed by atoms with E-state index in [1.165, 1.54) is 0 Å². The van der Waals surface area contributed by atoms with E-state index in [0.717, 1.165) is 19.4 Å². The molecular formula is C12H21NO3. The third-order valence-corrected chi connectivity index (χ3v) is 4.15. The zero-order chi connectivity index (χ0) is 11.8. The summed E-state index contributed by atoms with van der Waals surface area (Å²) < 4.78 is 5.73. The van der Waals surface area contributed by atoms with E-state index in [2.05, 4.69) is 19.2 Å². The first-order chi connectivity index (χ1) is 7.55. The second kappa shape index (κ2) is 4.34. The Morgan fingerprint density at radius 2 is 2.31 bits per heavy atom. The van der Waals surface area contributed by atoms with Gasteiger partial charge in [-0.15, -0.1) is 0 Å². The summed E-state index contributed by atoms with van der Waals surface area (Å²) in [4.78, 5) is 11.3. The van der Waals surface area contributed by atoms with E-state index in [0.29, 0.717) is 19.1 Å². The zero-order valence-electron chi connectivity index (χ0n) is 10.0. The Bertz CT molecular complexity index is 279. The first-order valence-electron chi connectivity index (χ1n) is 6.10. The molecule has 0 saturated carbocycles. The van der Waals surface area contributed by atoms with Gasteiger partial charge in [0.15, 0.2) is 0 Å². The van der Waals surface area contributed by atoms with Gasteiger partial charge in [0.2, 0.25) is 0 Å². The highest BCUT2D eigenvalue weighted by atomic mass is 16.5. The fourth-order valence-electron chi connectivity index (χ4n) is 3.03. The third-order valence-electron chi connectivity index (χ3n) is 4.15. The second-order valence-electron chi connectivity index (χ2n) is 5.49. The lowest BCUT2D eigenvalue weighted by Gasteiger charge is -2.41. The van der Waals surface area contributed by atoms with Crippen molar-refractivity contribution in [2.45, 2.75) is 32.8 Å². The van der Waals surface area contributed by atoms with Gasteiger partial charge in [0.1, 0.15) is 0 Å². The highest BCUT2D eigenvalue weighted by Gasteiger charge is 2.50. The number of carboxylic acids is 1. The van der Waals surface area contributed by atoms with Crippen LogP contribution in [0.3, 0.4) is 0 Å². The molecule has 2 saturated heterocycles. The number of ether oxygens (including phenoxy) is 1. The van der Waals surface area contributed by atoms with Gasteiger partial charge in [0.05, 0.1) is 12.0 Å². The van der Waals surface area contributed by atoms with Crippen molar-refractivity contribution in [2.75, 3.05) is 19.7 Å². The molecule has 4 heteroatoms. The number of rotatable bonds is 2. The Balaban J connectivity index is 2.14. The summed E-state index contributed by atoms with van der Waals surface area (Å²) in [5, 5.41) is 12.5. The maximum Gasteiger partial charge on any atom is 0.308 e. The van der Waals surface area contributed by atoms with Gasteiger partial charge in [-0.05, 0) is 18.8 Å². The fourth-order valence-corrected chi connectivity index (χ4v) is 3.03. The molecule has 0 aromatic carbocycles. The van der Waals surface area contributed by atoms with Crippen molar-refractivity contribution in [3.8, 4) is 0 Å². The summed E-state index contributed by atoms with van der Waals surface area (Å²) >= 11 is 0. The van der Waals surface area contributed by atoms with E-state index >= 15 is 0 Å². The quantitative estimate of drug-likeness (QED) is 0.742. The van der Waals surface area contributed by atoms with Crippen molar-refractivity contribution in [2.24, 2.45) is 17.3 Å². The van der Waals surface area contributed by atoms with E-state index in [4.69, 9.17) is 4.74 Å². The molecule has 0 aromatic heterocycles. The van der Waals surface area contributed by atoms with Gasteiger partial charge in [0, 0.05) is 25.1 Å². The van der Waals surface area contributed by atoms with E-state index in [1.54, 1.807) is 0 Å². The molecule has 0 amide bonds. The van der Waals surface area contributed by atoms with Gasteiger partial charge in [0.25, 0.3) is 0 Å².